The van der Waals surface area contributed by atoms with Crippen LogP contribution in [0.1, 0.15) is 43.2 Å². The van der Waals surface area contributed by atoms with Crippen molar-refractivity contribution in [3.8, 4) is 5.75 Å². The maximum atomic E-state index is 14.1. The van der Waals surface area contributed by atoms with E-state index in [0.717, 1.165) is 12.0 Å². The molecule has 0 aliphatic carbocycles. The molecule has 33 heavy (non-hydrogen) atoms. The fourth-order valence-electron chi connectivity index (χ4n) is 4.03. The van der Waals surface area contributed by atoms with Crippen molar-refractivity contribution in [2.75, 3.05) is 40.0 Å². The maximum Gasteiger partial charge on any atom is 0.242 e. The van der Waals surface area contributed by atoms with Crippen LogP contribution in [0.3, 0.4) is 0 Å². The van der Waals surface area contributed by atoms with Gasteiger partial charge in [0.05, 0.1) is 12.6 Å². The Morgan fingerprint density at radius 2 is 2.06 bits per heavy atom. The number of carbonyl (C=O) groups is 2. The number of ether oxygens (including phenoxy) is 2. The predicted octanol–water partition coefficient (Wildman–Crippen LogP) is 4.30. The monoisotopic (exact) mass is 476 g/mol. The highest BCUT2D eigenvalue weighted by Gasteiger charge is 2.33. The van der Waals surface area contributed by atoms with Crippen LogP contribution in [-0.4, -0.2) is 61.6 Å². The minimum absolute atomic E-state index is 0.0188. The van der Waals surface area contributed by atoms with Gasteiger partial charge in [-0.15, -0.1) is 11.3 Å². The van der Waals surface area contributed by atoms with Gasteiger partial charge in [0.15, 0.2) is 11.6 Å². The number of hydrogen-bond donors (Lipinski definition) is 0. The highest BCUT2D eigenvalue weighted by molar-refractivity contribution is 7.10. The molecule has 0 radical (unpaired) electrons. The second kappa shape index (κ2) is 12.1. The fraction of sp³-hybridized carbons (Fsp3) is 0.520. The minimum Gasteiger partial charge on any atom is -0.488 e. The molecule has 1 unspecified atom stereocenters. The Bertz CT molecular complexity index is 933. The van der Waals surface area contributed by atoms with E-state index in [1.165, 1.54) is 10.9 Å². The molecule has 0 fully saturated rings. The van der Waals surface area contributed by atoms with E-state index in [4.69, 9.17) is 9.47 Å². The van der Waals surface area contributed by atoms with Crippen molar-refractivity contribution in [3.63, 3.8) is 0 Å². The Morgan fingerprint density at radius 1 is 1.27 bits per heavy atom. The summed E-state index contributed by atoms with van der Waals surface area (Å²) >= 11 is 1.66. The standard InChI is InChI=1S/C25H33FN2O4S/c1-18(2)15-24(29)27(11-6-13-31-3)16-25(30)28-12-9-23-19(10-14-33-23)21(28)17-32-22-8-5-4-7-20(22)26/h4-5,7-8,10,14,18,21H,6,9,11-13,15-17H2,1-3H3. The van der Waals surface area contributed by atoms with Crippen molar-refractivity contribution < 1.29 is 23.5 Å². The van der Waals surface area contributed by atoms with Crippen molar-refractivity contribution in [3.05, 3.63) is 52.0 Å². The van der Waals surface area contributed by atoms with Gasteiger partial charge < -0.3 is 19.3 Å². The third-order valence-electron chi connectivity index (χ3n) is 5.69. The normalized spacial score (nSPS) is 15.4. The lowest BCUT2D eigenvalue weighted by Crippen LogP contribution is -2.48. The molecule has 6 nitrogen and oxygen atoms in total. The molecule has 2 heterocycles. The third kappa shape index (κ3) is 6.77. The number of methoxy groups -OCH3 is 1. The van der Waals surface area contributed by atoms with E-state index in [0.29, 0.717) is 32.5 Å². The van der Waals surface area contributed by atoms with E-state index < -0.39 is 5.82 Å². The average molecular weight is 477 g/mol. The number of carbonyl (C=O) groups excluding carboxylic acids is 2. The summed E-state index contributed by atoms with van der Waals surface area (Å²) in [4.78, 5) is 30.9. The van der Waals surface area contributed by atoms with E-state index in [9.17, 15) is 14.0 Å². The number of nitrogens with zero attached hydrogens (tertiary/aromatic N) is 2. The van der Waals surface area contributed by atoms with E-state index >= 15 is 0 Å². The Kier molecular flexibility index (Phi) is 9.26. The van der Waals surface area contributed by atoms with Crippen LogP contribution in [0.5, 0.6) is 5.75 Å². The molecule has 3 rings (SSSR count). The van der Waals surface area contributed by atoms with Gasteiger partial charge in [0.1, 0.15) is 6.61 Å². The number of rotatable bonds is 11. The number of thiophene rings is 1. The van der Waals surface area contributed by atoms with Crippen LogP contribution in [0.4, 0.5) is 4.39 Å². The van der Waals surface area contributed by atoms with Gasteiger partial charge in [-0.3, -0.25) is 9.59 Å². The van der Waals surface area contributed by atoms with Crippen LogP contribution in [0.25, 0.3) is 0 Å². The molecule has 0 saturated carbocycles. The Labute approximate surface area is 199 Å². The Hall–Kier alpha value is -2.45. The molecule has 1 aliphatic heterocycles. The van der Waals surface area contributed by atoms with Crippen LogP contribution < -0.4 is 4.74 Å². The summed E-state index contributed by atoms with van der Waals surface area (Å²) in [6, 6.07) is 7.95. The van der Waals surface area contributed by atoms with Gasteiger partial charge >= 0.3 is 0 Å². The third-order valence-corrected chi connectivity index (χ3v) is 6.68. The average Bonchev–Trinajstić information content (AvgIpc) is 3.26. The lowest BCUT2D eigenvalue weighted by atomic mass is 10.00. The number of benzene rings is 1. The molecule has 0 saturated heterocycles. The van der Waals surface area contributed by atoms with Crippen LogP contribution in [0.2, 0.25) is 0 Å². The molecule has 2 amide bonds. The fourth-order valence-corrected chi connectivity index (χ4v) is 4.96. The van der Waals surface area contributed by atoms with Crippen molar-refractivity contribution in [2.45, 2.75) is 39.2 Å². The first-order chi connectivity index (χ1) is 15.9. The number of amides is 2. The van der Waals surface area contributed by atoms with Crippen LogP contribution >= 0.6 is 11.3 Å². The van der Waals surface area contributed by atoms with Gasteiger partial charge in [-0.05, 0) is 47.9 Å². The minimum atomic E-state index is -0.430. The van der Waals surface area contributed by atoms with Crippen LogP contribution in [0.15, 0.2) is 35.7 Å². The first kappa shape index (κ1) is 25.2. The van der Waals surface area contributed by atoms with E-state index in [1.54, 1.807) is 46.4 Å². The van der Waals surface area contributed by atoms with Crippen molar-refractivity contribution in [1.82, 2.24) is 9.80 Å². The largest absolute Gasteiger partial charge is 0.488 e. The molecule has 2 aromatic rings. The predicted molar refractivity (Wildman–Crippen MR) is 127 cm³/mol. The van der Waals surface area contributed by atoms with Gasteiger partial charge in [-0.2, -0.15) is 0 Å². The zero-order valence-electron chi connectivity index (χ0n) is 19.6. The SMILES string of the molecule is COCCCN(CC(=O)N1CCc2sccc2C1COc1ccccc1F)C(=O)CC(C)C. The second-order valence-electron chi connectivity index (χ2n) is 8.65. The first-order valence-electron chi connectivity index (χ1n) is 11.4. The Morgan fingerprint density at radius 3 is 2.79 bits per heavy atom. The summed E-state index contributed by atoms with van der Waals surface area (Å²) in [6.07, 6.45) is 1.83. The van der Waals surface area contributed by atoms with Crippen molar-refractivity contribution in [2.24, 2.45) is 5.92 Å². The topological polar surface area (TPSA) is 59.1 Å². The second-order valence-corrected chi connectivity index (χ2v) is 9.65. The highest BCUT2D eigenvalue weighted by Crippen LogP contribution is 2.34. The Balaban J connectivity index is 1.75. The summed E-state index contributed by atoms with van der Waals surface area (Å²) in [5.74, 6) is -0.200. The molecule has 180 valence electrons. The number of hydrogen-bond acceptors (Lipinski definition) is 5. The van der Waals surface area contributed by atoms with Crippen molar-refractivity contribution >= 4 is 23.2 Å². The first-order valence-corrected chi connectivity index (χ1v) is 12.3. The molecule has 0 N–H and O–H groups in total. The molecule has 0 spiro atoms. The summed E-state index contributed by atoms with van der Waals surface area (Å²) in [5, 5.41) is 2.01. The van der Waals surface area contributed by atoms with Gasteiger partial charge in [-0.25, -0.2) is 4.39 Å². The maximum absolute atomic E-state index is 14.1. The van der Waals surface area contributed by atoms with E-state index in [2.05, 4.69) is 0 Å². The van der Waals surface area contributed by atoms with E-state index in [1.807, 2.05) is 25.3 Å². The van der Waals surface area contributed by atoms with Crippen LogP contribution in [0, 0.1) is 11.7 Å². The summed E-state index contributed by atoms with van der Waals surface area (Å²) in [6.45, 7) is 5.70. The summed E-state index contributed by atoms with van der Waals surface area (Å²) < 4.78 is 25.0. The molecule has 8 heteroatoms. The molecule has 1 aromatic heterocycles. The summed E-state index contributed by atoms with van der Waals surface area (Å²) in [5.41, 5.74) is 1.04. The number of fused-ring (bicyclic) bond motifs is 1. The zero-order chi connectivity index (χ0) is 23.8. The smallest absolute Gasteiger partial charge is 0.242 e. The molecule has 0 bridgehead atoms. The van der Waals surface area contributed by atoms with Gasteiger partial charge in [0.2, 0.25) is 11.8 Å². The van der Waals surface area contributed by atoms with Crippen molar-refractivity contribution in [1.29, 1.82) is 0 Å². The summed E-state index contributed by atoms with van der Waals surface area (Å²) in [7, 11) is 1.62. The van der Waals surface area contributed by atoms with Crippen LogP contribution in [-0.2, 0) is 20.7 Å². The highest BCUT2D eigenvalue weighted by atomic mass is 32.1. The lowest BCUT2D eigenvalue weighted by Gasteiger charge is -2.37. The number of para-hydroxylation sites is 1. The quantitative estimate of drug-likeness (QED) is 0.454. The molecule has 1 aromatic carbocycles. The zero-order valence-corrected chi connectivity index (χ0v) is 20.4. The molecule has 1 aliphatic rings. The number of halogens is 1. The van der Waals surface area contributed by atoms with Gasteiger partial charge in [-0.1, -0.05) is 26.0 Å². The lowest BCUT2D eigenvalue weighted by molar-refractivity contribution is -0.143. The van der Waals surface area contributed by atoms with Gasteiger partial charge in [0.25, 0.3) is 0 Å². The molecular formula is C25H33FN2O4S. The molecule has 1 atom stereocenters. The van der Waals surface area contributed by atoms with Gasteiger partial charge in [0, 0.05) is 38.1 Å². The van der Waals surface area contributed by atoms with E-state index in [-0.39, 0.29) is 42.7 Å². The molecular weight excluding hydrogens is 443 g/mol.